The molecule has 1 rings (SSSR count). The molecule has 2 N–H and O–H groups in total. The molecule has 128 valence electrons. The summed E-state index contributed by atoms with van der Waals surface area (Å²) in [6, 6.07) is 4.32. The molecule has 0 saturated carbocycles. The topological polar surface area (TPSA) is 110 Å². The molecule has 0 fully saturated rings. The average Bonchev–Trinajstić information content (AvgIpc) is 2.43. The highest BCUT2D eigenvalue weighted by Crippen LogP contribution is 2.22. The van der Waals surface area contributed by atoms with E-state index in [4.69, 9.17) is 5.11 Å². The molecule has 0 aromatic heterocycles. The van der Waals surface area contributed by atoms with Crippen molar-refractivity contribution in [1.82, 2.24) is 4.72 Å². The van der Waals surface area contributed by atoms with E-state index >= 15 is 0 Å². The normalized spacial score (nSPS) is 12.0. The van der Waals surface area contributed by atoms with Crippen LogP contribution in [-0.2, 0) is 19.6 Å². The van der Waals surface area contributed by atoms with Crippen molar-refractivity contribution in [2.24, 2.45) is 0 Å². The number of hydrogen-bond acceptors (Lipinski definition) is 5. The minimum absolute atomic E-state index is 0.0381. The fraction of sp³-hybridized carbons (Fsp3) is 0.467. The third-order valence-electron chi connectivity index (χ3n) is 3.35. The summed E-state index contributed by atoms with van der Waals surface area (Å²) in [6.07, 6.45) is -0.0198. The highest BCUT2D eigenvalue weighted by molar-refractivity contribution is 7.89. The average molecular weight is 343 g/mol. The number of nitrogens with one attached hydrogen (secondary N) is 1. The van der Waals surface area contributed by atoms with Gasteiger partial charge in [0.25, 0.3) is 0 Å². The van der Waals surface area contributed by atoms with Crippen LogP contribution < -0.4 is 4.72 Å². The molecule has 1 aromatic rings. The molecule has 0 aliphatic carbocycles. The number of sulfonamides is 1. The SMILES string of the molecule is COC(=O)c1cccc(S(=O)(=O)NC(C)(C)CCC(=O)O)c1C. The second kappa shape index (κ2) is 7.10. The van der Waals surface area contributed by atoms with E-state index in [1.807, 2.05) is 0 Å². The molecule has 8 heteroatoms. The second-order valence-corrected chi connectivity index (χ2v) is 7.45. The number of carbonyl (C=O) groups is 2. The first-order valence-electron chi connectivity index (χ1n) is 6.94. The van der Waals surface area contributed by atoms with Gasteiger partial charge in [-0.3, -0.25) is 4.79 Å². The Labute approximate surface area is 135 Å². The second-order valence-electron chi connectivity index (χ2n) is 5.80. The van der Waals surface area contributed by atoms with Crippen LogP contribution >= 0.6 is 0 Å². The van der Waals surface area contributed by atoms with Crippen molar-refractivity contribution >= 4 is 22.0 Å². The third-order valence-corrected chi connectivity index (χ3v) is 5.20. The minimum atomic E-state index is -3.91. The Balaban J connectivity index is 3.14. The predicted molar refractivity (Wildman–Crippen MR) is 83.8 cm³/mol. The molecule has 0 radical (unpaired) electrons. The standard InChI is InChI=1S/C15H21NO6S/c1-10-11(14(19)22-4)6-5-7-12(10)23(20,21)16-15(2,3)9-8-13(17)18/h5-7,16H,8-9H2,1-4H3,(H,17,18). The molecule has 0 aliphatic rings. The number of hydrogen-bond donors (Lipinski definition) is 2. The fourth-order valence-corrected chi connectivity index (χ4v) is 3.84. The van der Waals surface area contributed by atoms with Crippen LogP contribution in [0.4, 0.5) is 0 Å². The van der Waals surface area contributed by atoms with Crippen molar-refractivity contribution in [3.8, 4) is 0 Å². The van der Waals surface area contributed by atoms with Gasteiger partial charge in [-0.15, -0.1) is 0 Å². The Hall–Kier alpha value is -1.93. The van der Waals surface area contributed by atoms with Crippen molar-refractivity contribution in [1.29, 1.82) is 0 Å². The lowest BCUT2D eigenvalue weighted by atomic mass is 10.0. The number of aliphatic carboxylic acids is 1. The maximum Gasteiger partial charge on any atom is 0.338 e. The van der Waals surface area contributed by atoms with Crippen LogP contribution in [0.25, 0.3) is 0 Å². The van der Waals surface area contributed by atoms with Crippen molar-refractivity contribution in [2.45, 2.75) is 44.0 Å². The van der Waals surface area contributed by atoms with Crippen molar-refractivity contribution in [3.05, 3.63) is 29.3 Å². The monoisotopic (exact) mass is 343 g/mol. The van der Waals surface area contributed by atoms with Gasteiger partial charge in [-0.05, 0) is 44.9 Å². The quantitative estimate of drug-likeness (QED) is 0.729. The van der Waals surface area contributed by atoms with E-state index in [0.29, 0.717) is 0 Å². The molecule has 0 atom stereocenters. The molecule has 23 heavy (non-hydrogen) atoms. The van der Waals surface area contributed by atoms with Gasteiger partial charge in [0.2, 0.25) is 10.0 Å². The largest absolute Gasteiger partial charge is 0.481 e. The van der Waals surface area contributed by atoms with Gasteiger partial charge in [-0.25, -0.2) is 17.9 Å². The van der Waals surface area contributed by atoms with Crippen LogP contribution in [-0.4, -0.2) is 38.1 Å². The number of carboxylic acids is 1. The van der Waals surface area contributed by atoms with Gasteiger partial charge >= 0.3 is 11.9 Å². The zero-order valence-electron chi connectivity index (χ0n) is 13.5. The predicted octanol–water partition coefficient (Wildman–Crippen LogP) is 1.70. The Morgan fingerprint density at radius 1 is 1.30 bits per heavy atom. The highest BCUT2D eigenvalue weighted by atomic mass is 32.2. The Kier molecular flexibility index (Phi) is 5.90. The maximum absolute atomic E-state index is 12.6. The van der Waals surface area contributed by atoms with E-state index < -0.39 is 27.5 Å². The van der Waals surface area contributed by atoms with Crippen molar-refractivity contribution in [3.63, 3.8) is 0 Å². The first-order chi connectivity index (χ1) is 10.5. The van der Waals surface area contributed by atoms with Crippen LogP contribution in [0.2, 0.25) is 0 Å². The number of carbonyl (C=O) groups excluding carboxylic acids is 1. The number of carboxylic acid groups (broad SMARTS) is 1. The van der Waals surface area contributed by atoms with E-state index in [9.17, 15) is 18.0 Å². The molecule has 7 nitrogen and oxygen atoms in total. The summed E-state index contributed by atoms with van der Waals surface area (Å²) >= 11 is 0. The summed E-state index contributed by atoms with van der Waals surface area (Å²) in [7, 11) is -2.69. The summed E-state index contributed by atoms with van der Waals surface area (Å²) in [6.45, 7) is 4.73. The summed E-state index contributed by atoms with van der Waals surface area (Å²) in [5.41, 5.74) is -0.495. The minimum Gasteiger partial charge on any atom is -0.481 e. The first-order valence-corrected chi connectivity index (χ1v) is 8.42. The van der Waals surface area contributed by atoms with Crippen LogP contribution in [0.1, 0.15) is 42.6 Å². The van der Waals surface area contributed by atoms with Crippen LogP contribution in [0, 0.1) is 6.92 Å². The molecular weight excluding hydrogens is 322 g/mol. The third kappa shape index (κ3) is 5.04. The summed E-state index contributed by atoms with van der Waals surface area (Å²) in [5, 5.41) is 8.73. The number of rotatable bonds is 7. The molecule has 0 bridgehead atoms. The molecule has 0 saturated heterocycles. The van der Waals surface area contributed by atoms with E-state index in [0.717, 1.165) is 0 Å². The van der Waals surface area contributed by atoms with E-state index in [1.165, 1.54) is 32.2 Å². The number of esters is 1. The summed E-state index contributed by atoms with van der Waals surface area (Å²) in [5.74, 6) is -1.62. The molecule has 0 heterocycles. The van der Waals surface area contributed by atoms with E-state index in [2.05, 4.69) is 9.46 Å². The van der Waals surface area contributed by atoms with Gasteiger partial charge < -0.3 is 9.84 Å². The van der Waals surface area contributed by atoms with Gasteiger partial charge in [0.15, 0.2) is 0 Å². The number of ether oxygens (including phenoxy) is 1. The van der Waals surface area contributed by atoms with Gasteiger partial charge in [0.05, 0.1) is 17.6 Å². The fourth-order valence-electron chi connectivity index (χ4n) is 2.13. The summed E-state index contributed by atoms with van der Waals surface area (Å²) < 4.78 is 32.2. The molecule has 0 amide bonds. The zero-order valence-corrected chi connectivity index (χ0v) is 14.4. The lowest BCUT2D eigenvalue weighted by molar-refractivity contribution is -0.137. The Bertz CT molecular complexity index is 709. The smallest absolute Gasteiger partial charge is 0.338 e. The van der Waals surface area contributed by atoms with Gasteiger partial charge in [-0.2, -0.15) is 0 Å². The lowest BCUT2D eigenvalue weighted by Crippen LogP contribution is -2.43. The number of benzene rings is 1. The van der Waals surface area contributed by atoms with Crippen molar-refractivity contribution in [2.75, 3.05) is 7.11 Å². The van der Waals surface area contributed by atoms with Crippen LogP contribution in [0.5, 0.6) is 0 Å². The Morgan fingerprint density at radius 2 is 1.91 bits per heavy atom. The molecule has 0 unspecified atom stereocenters. The number of methoxy groups -OCH3 is 1. The van der Waals surface area contributed by atoms with E-state index in [1.54, 1.807) is 13.8 Å². The first kappa shape index (κ1) is 19.1. The van der Waals surface area contributed by atoms with Gasteiger partial charge in [0.1, 0.15) is 0 Å². The highest BCUT2D eigenvalue weighted by Gasteiger charge is 2.29. The maximum atomic E-state index is 12.6. The molecule has 1 aromatic carbocycles. The van der Waals surface area contributed by atoms with Crippen molar-refractivity contribution < 1.29 is 27.9 Å². The molecule has 0 spiro atoms. The van der Waals surface area contributed by atoms with Crippen LogP contribution in [0.3, 0.4) is 0 Å². The molecular formula is C15H21NO6S. The van der Waals surface area contributed by atoms with Crippen LogP contribution in [0.15, 0.2) is 23.1 Å². The van der Waals surface area contributed by atoms with E-state index in [-0.39, 0.29) is 28.9 Å². The van der Waals surface area contributed by atoms with Gasteiger partial charge in [0, 0.05) is 12.0 Å². The molecule has 0 aliphatic heterocycles. The summed E-state index contributed by atoms with van der Waals surface area (Å²) in [4.78, 5) is 22.3. The zero-order chi connectivity index (χ0) is 17.8. The van der Waals surface area contributed by atoms with Gasteiger partial charge in [-0.1, -0.05) is 6.07 Å². The Morgan fingerprint density at radius 3 is 2.43 bits per heavy atom. The lowest BCUT2D eigenvalue weighted by Gasteiger charge is -2.26.